The Hall–Kier alpha value is -1.50. The van der Waals surface area contributed by atoms with Gasteiger partial charge >= 0.3 is 5.97 Å². The van der Waals surface area contributed by atoms with Crippen LogP contribution in [0.3, 0.4) is 0 Å². The number of allylic oxidation sites excluding steroid dienone is 1. The van der Waals surface area contributed by atoms with Gasteiger partial charge in [0.2, 0.25) is 0 Å². The summed E-state index contributed by atoms with van der Waals surface area (Å²) < 4.78 is 12.0. The maximum Gasteiger partial charge on any atom is 0.333 e. The minimum Gasteiger partial charge on any atom is -0.458 e. The third-order valence-electron chi connectivity index (χ3n) is 11.7. The standard InChI is InChI=1S/C28H38O6/c1-13-11-19(33-25(31)14(13)2)15(3)16-8-9-17-22-18(12-21(30)26(16,17)4)27(5)20(29)7-6-10-28(27,32)24-23(22)34-24/h6-7,15-19,21-24,30,32H,8-12H2,1-5H3/t15-,16+,17-,18-,19+,21+,22-,23-,24-,26+,27-,28-/m0/s1. The van der Waals surface area contributed by atoms with Gasteiger partial charge < -0.3 is 19.7 Å². The second-order valence-electron chi connectivity index (χ2n) is 12.6. The maximum atomic E-state index is 13.3. The smallest absolute Gasteiger partial charge is 0.333 e. The Kier molecular flexibility index (Phi) is 4.75. The number of carbonyl (C=O) groups excluding carboxylic acids is 2. The van der Waals surface area contributed by atoms with Gasteiger partial charge in [-0.1, -0.05) is 25.5 Å². The Morgan fingerprint density at radius 1 is 1.15 bits per heavy atom. The number of hydrogen-bond donors (Lipinski definition) is 2. The lowest BCUT2D eigenvalue weighted by Crippen LogP contribution is -2.69. The van der Waals surface area contributed by atoms with Crippen molar-refractivity contribution in [3.63, 3.8) is 0 Å². The van der Waals surface area contributed by atoms with E-state index in [4.69, 9.17) is 9.47 Å². The Bertz CT molecular complexity index is 1010. The minimum atomic E-state index is -1.19. The molecule has 0 unspecified atom stereocenters. The molecule has 0 bridgehead atoms. The first-order valence-corrected chi connectivity index (χ1v) is 13.1. The number of aliphatic hydroxyl groups is 2. The van der Waals surface area contributed by atoms with E-state index in [-0.39, 0.29) is 65.1 Å². The summed E-state index contributed by atoms with van der Waals surface area (Å²) in [7, 11) is 0. The molecule has 6 nitrogen and oxygen atoms in total. The summed E-state index contributed by atoms with van der Waals surface area (Å²) in [4.78, 5) is 25.7. The molecular weight excluding hydrogens is 432 g/mol. The molecule has 6 aliphatic rings. The average Bonchev–Trinajstić information content (AvgIpc) is 3.51. The van der Waals surface area contributed by atoms with Crippen molar-refractivity contribution in [2.75, 3.05) is 0 Å². The molecule has 6 rings (SSSR count). The number of fused-ring (bicyclic) bond motifs is 8. The second kappa shape index (κ2) is 7.04. The molecule has 3 saturated carbocycles. The zero-order chi connectivity index (χ0) is 24.4. The van der Waals surface area contributed by atoms with E-state index in [1.165, 1.54) is 0 Å². The molecule has 186 valence electrons. The normalized spacial score (nSPS) is 54.6. The third-order valence-corrected chi connectivity index (χ3v) is 11.7. The predicted molar refractivity (Wildman–Crippen MR) is 124 cm³/mol. The van der Waals surface area contributed by atoms with Gasteiger partial charge in [-0.15, -0.1) is 0 Å². The Labute approximate surface area is 201 Å². The molecule has 0 aromatic heterocycles. The van der Waals surface area contributed by atoms with Crippen LogP contribution in [-0.4, -0.2) is 52.0 Å². The number of cyclic esters (lactones) is 1. The van der Waals surface area contributed by atoms with E-state index in [1.807, 2.05) is 20.8 Å². The number of aliphatic hydroxyl groups excluding tert-OH is 1. The van der Waals surface area contributed by atoms with E-state index in [1.54, 1.807) is 12.2 Å². The molecule has 12 atom stereocenters. The SMILES string of the molecule is CC1=C(C)C(=O)O[C@@H]([C@@H](C)[C@H]2CC[C@H]3[C@@H]4[C@@H]5O[C@@H]5[C@@]5(O)CC=CC(=O)[C@]5(C)[C@H]4C[C@@H](O)[C@]23C)C1. The van der Waals surface area contributed by atoms with Gasteiger partial charge in [0, 0.05) is 12.0 Å². The molecule has 4 fully saturated rings. The molecule has 0 radical (unpaired) electrons. The fourth-order valence-electron chi connectivity index (χ4n) is 9.31. The number of carbonyl (C=O) groups is 2. The molecule has 2 heterocycles. The zero-order valence-corrected chi connectivity index (χ0v) is 20.9. The van der Waals surface area contributed by atoms with Crippen LogP contribution in [0.15, 0.2) is 23.3 Å². The maximum absolute atomic E-state index is 13.3. The second-order valence-corrected chi connectivity index (χ2v) is 12.6. The number of hydrogen-bond acceptors (Lipinski definition) is 6. The first-order valence-electron chi connectivity index (χ1n) is 13.1. The van der Waals surface area contributed by atoms with Crippen LogP contribution in [0.1, 0.15) is 66.7 Å². The van der Waals surface area contributed by atoms with E-state index in [2.05, 4.69) is 13.8 Å². The van der Waals surface area contributed by atoms with Crippen molar-refractivity contribution in [2.24, 2.45) is 40.4 Å². The highest BCUT2D eigenvalue weighted by molar-refractivity contribution is 5.97. The van der Waals surface area contributed by atoms with Gasteiger partial charge in [-0.2, -0.15) is 0 Å². The van der Waals surface area contributed by atoms with Crippen LogP contribution in [0.2, 0.25) is 0 Å². The molecule has 6 heteroatoms. The van der Waals surface area contributed by atoms with Crippen molar-refractivity contribution in [3.8, 4) is 0 Å². The van der Waals surface area contributed by atoms with E-state index >= 15 is 0 Å². The first-order chi connectivity index (χ1) is 16.0. The number of ether oxygens (including phenoxy) is 2. The summed E-state index contributed by atoms with van der Waals surface area (Å²) in [6.45, 7) is 10.1. The highest BCUT2D eigenvalue weighted by atomic mass is 16.6. The quantitative estimate of drug-likeness (QED) is 0.475. The van der Waals surface area contributed by atoms with Gasteiger partial charge in [0.1, 0.15) is 17.8 Å². The van der Waals surface area contributed by atoms with Crippen molar-refractivity contribution in [1.82, 2.24) is 0 Å². The van der Waals surface area contributed by atoms with Crippen LogP contribution < -0.4 is 0 Å². The minimum absolute atomic E-state index is 0.0318. The summed E-state index contributed by atoms with van der Waals surface area (Å²) in [6, 6.07) is 0. The van der Waals surface area contributed by atoms with Crippen molar-refractivity contribution in [1.29, 1.82) is 0 Å². The third kappa shape index (κ3) is 2.58. The summed E-state index contributed by atoms with van der Waals surface area (Å²) in [5.41, 5.74) is -0.664. The predicted octanol–water partition coefficient (Wildman–Crippen LogP) is 3.35. The highest BCUT2D eigenvalue weighted by Gasteiger charge is 2.78. The highest BCUT2D eigenvalue weighted by Crippen LogP contribution is 2.71. The van der Waals surface area contributed by atoms with Gasteiger partial charge in [-0.05, 0) is 87.5 Å². The summed E-state index contributed by atoms with van der Waals surface area (Å²) in [5, 5.41) is 23.5. The molecule has 0 amide bonds. The lowest BCUT2D eigenvalue weighted by molar-refractivity contribution is -0.201. The Morgan fingerprint density at radius 3 is 2.59 bits per heavy atom. The van der Waals surface area contributed by atoms with Crippen molar-refractivity contribution in [2.45, 2.75) is 96.7 Å². The molecule has 2 aliphatic heterocycles. The van der Waals surface area contributed by atoms with Crippen molar-refractivity contribution in [3.05, 3.63) is 23.3 Å². The van der Waals surface area contributed by atoms with Crippen LogP contribution in [0, 0.1) is 40.4 Å². The van der Waals surface area contributed by atoms with Gasteiger partial charge in [0.15, 0.2) is 5.78 Å². The number of esters is 1. The van der Waals surface area contributed by atoms with Gasteiger partial charge in [0.05, 0.1) is 17.6 Å². The van der Waals surface area contributed by atoms with E-state index in [0.717, 1.165) is 24.8 Å². The molecular formula is C28H38O6. The fraction of sp³-hybridized carbons (Fsp3) is 0.786. The summed E-state index contributed by atoms with van der Waals surface area (Å²) in [5.74, 6) is 0.333. The van der Waals surface area contributed by atoms with Crippen LogP contribution in [0.25, 0.3) is 0 Å². The van der Waals surface area contributed by atoms with Gasteiger partial charge in [-0.3, -0.25) is 4.79 Å². The van der Waals surface area contributed by atoms with Crippen molar-refractivity contribution < 1.29 is 29.3 Å². The molecule has 0 aromatic rings. The van der Waals surface area contributed by atoms with Gasteiger partial charge in [0.25, 0.3) is 0 Å². The Morgan fingerprint density at radius 2 is 1.88 bits per heavy atom. The molecule has 2 N–H and O–H groups in total. The number of epoxide rings is 1. The van der Waals surface area contributed by atoms with E-state index < -0.39 is 17.1 Å². The lowest BCUT2D eigenvalue weighted by Gasteiger charge is -2.61. The molecule has 4 aliphatic carbocycles. The zero-order valence-electron chi connectivity index (χ0n) is 20.9. The van der Waals surface area contributed by atoms with Crippen LogP contribution >= 0.6 is 0 Å². The van der Waals surface area contributed by atoms with Crippen LogP contribution in [0.4, 0.5) is 0 Å². The molecule has 0 spiro atoms. The van der Waals surface area contributed by atoms with E-state index in [9.17, 15) is 19.8 Å². The topological polar surface area (TPSA) is 96.4 Å². The number of ketones is 1. The van der Waals surface area contributed by atoms with E-state index in [0.29, 0.717) is 18.4 Å². The Balaban J connectivity index is 1.34. The number of rotatable bonds is 2. The largest absolute Gasteiger partial charge is 0.458 e. The lowest BCUT2D eigenvalue weighted by atomic mass is 9.43. The molecule has 34 heavy (non-hydrogen) atoms. The summed E-state index contributed by atoms with van der Waals surface area (Å²) >= 11 is 0. The van der Waals surface area contributed by atoms with Crippen LogP contribution in [-0.2, 0) is 19.1 Å². The van der Waals surface area contributed by atoms with Gasteiger partial charge in [-0.25, -0.2) is 4.79 Å². The van der Waals surface area contributed by atoms with Crippen molar-refractivity contribution >= 4 is 11.8 Å². The molecule has 1 saturated heterocycles. The van der Waals surface area contributed by atoms with Crippen LogP contribution in [0.5, 0.6) is 0 Å². The average molecular weight is 471 g/mol. The fourth-order valence-corrected chi connectivity index (χ4v) is 9.31. The monoisotopic (exact) mass is 470 g/mol. The molecule has 0 aromatic carbocycles. The first kappa shape index (κ1) is 22.9. The summed E-state index contributed by atoms with van der Waals surface area (Å²) in [6.07, 6.45) is 5.89.